The number of nitro groups is 1. The Morgan fingerprint density at radius 3 is 2.67 bits per heavy atom. The summed E-state index contributed by atoms with van der Waals surface area (Å²) in [6, 6.07) is 7.21. The van der Waals surface area contributed by atoms with Gasteiger partial charge in [0.1, 0.15) is 17.1 Å². The standard InChI is InChI=1S/C15H15N3O6/c1-17-7-3-4-12(17)15(20)24-9-14(19)16-11-6-5-10(23-2)8-13(11)18(21)22/h3-8H,9H2,1-2H3,(H,16,19). The van der Waals surface area contributed by atoms with E-state index in [-0.39, 0.29) is 17.1 Å². The second kappa shape index (κ2) is 7.27. The highest BCUT2D eigenvalue weighted by atomic mass is 16.6. The maximum Gasteiger partial charge on any atom is 0.355 e. The monoisotopic (exact) mass is 333 g/mol. The molecular weight excluding hydrogens is 318 g/mol. The number of benzene rings is 1. The van der Waals surface area contributed by atoms with Crippen LogP contribution in [0.5, 0.6) is 5.75 Å². The minimum atomic E-state index is -0.689. The van der Waals surface area contributed by atoms with E-state index in [4.69, 9.17) is 9.47 Å². The van der Waals surface area contributed by atoms with Gasteiger partial charge in [0.05, 0.1) is 18.1 Å². The molecule has 0 saturated carbocycles. The predicted octanol–water partition coefficient (Wildman–Crippen LogP) is 1.74. The fraction of sp³-hybridized carbons (Fsp3) is 0.200. The topological polar surface area (TPSA) is 113 Å². The van der Waals surface area contributed by atoms with Gasteiger partial charge in [0.2, 0.25) is 0 Å². The highest BCUT2D eigenvalue weighted by Gasteiger charge is 2.18. The van der Waals surface area contributed by atoms with Gasteiger partial charge in [0.25, 0.3) is 11.6 Å². The zero-order chi connectivity index (χ0) is 17.7. The number of carbonyl (C=O) groups excluding carboxylic acids is 2. The molecule has 2 aromatic rings. The van der Waals surface area contributed by atoms with Gasteiger partial charge < -0.3 is 19.4 Å². The van der Waals surface area contributed by atoms with Crippen LogP contribution in [0.3, 0.4) is 0 Å². The van der Waals surface area contributed by atoms with Crippen molar-refractivity contribution in [1.82, 2.24) is 4.57 Å². The number of rotatable bonds is 6. The number of nitrogens with one attached hydrogen (secondary N) is 1. The number of amides is 1. The number of methoxy groups -OCH3 is 1. The molecule has 0 aliphatic rings. The molecule has 2 rings (SSSR count). The third-order valence-electron chi connectivity index (χ3n) is 3.16. The molecule has 0 aliphatic heterocycles. The van der Waals surface area contributed by atoms with Crippen LogP contribution in [0, 0.1) is 10.1 Å². The van der Waals surface area contributed by atoms with Crippen LogP contribution in [0.2, 0.25) is 0 Å². The van der Waals surface area contributed by atoms with E-state index in [0.29, 0.717) is 5.69 Å². The lowest BCUT2D eigenvalue weighted by atomic mass is 10.2. The van der Waals surface area contributed by atoms with Crippen LogP contribution < -0.4 is 10.1 Å². The summed E-state index contributed by atoms with van der Waals surface area (Å²) in [7, 11) is 3.04. The first-order valence-corrected chi connectivity index (χ1v) is 6.83. The van der Waals surface area contributed by atoms with Gasteiger partial charge in [-0.2, -0.15) is 0 Å². The van der Waals surface area contributed by atoms with E-state index in [9.17, 15) is 19.7 Å². The summed E-state index contributed by atoms with van der Waals surface area (Å²) in [5, 5.41) is 13.4. The number of esters is 1. The minimum absolute atomic E-state index is 0.0132. The zero-order valence-electron chi connectivity index (χ0n) is 13.0. The number of aryl methyl sites for hydroxylation is 1. The van der Waals surface area contributed by atoms with Crippen LogP contribution in [-0.2, 0) is 16.6 Å². The Hall–Kier alpha value is -3.36. The summed E-state index contributed by atoms with van der Waals surface area (Å²) in [5.74, 6) is -1.07. The SMILES string of the molecule is COc1ccc(NC(=O)COC(=O)c2cccn2C)c([N+](=O)[O-])c1. The minimum Gasteiger partial charge on any atom is -0.496 e. The molecule has 24 heavy (non-hydrogen) atoms. The van der Waals surface area contributed by atoms with Crippen molar-refractivity contribution >= 4 is 23.3 Å². The Morgan fingerprint density at radius 2 is 2.08 bits per heavy atom. The maximum atomic E-state index is 11.9. The van der Waals surface area contributed by atoms with Crippen molar-refractivity contribution in [2.24, 2.45) is 7.05 Å². The molecule has 0 bridgehead atoms. The molecule has 0 saturated heterocycles. The first kappa shape index (κ1) is 17.0. The van der Waals surface area contributed by atoms with Gasteiger partial charge in [-0.3, -0.25) is 14.9 Å². The number of nitro benzene ring substituents is 1. The Labute approximate surface area is 136 Å². The fourth-order valence-electron chi connectivity index (χ4n) is 1.96. The number of hydrogen-bond donors (Lipinski definition) is 1. The third kappa shape index (κ3) is 3.88. The lowest BCUT2D eigenvalue weighted by Crippen LogP contribution is -2.22. The lowest BCUT2D eigenvalue weighted by Gasteiger charge is -2.08. The normalized spacial score (nSPS) is 10.1. The molecule has 1 amide bonds. The highest BCUT2D eigenvalue weighted by Crippen LogP contribution is 2.28. The predicted molar refractivity (Wildman–Crippen MR) is 84.0 cm³/mol. The molecule has 9 nitrogen and oxygen atoms in total. The van der Waals surface area contributed by atoms with Gasteiger partial charge in [0, 0.05) is 13.2 Å². The van der Waals surface area contributed by atoms with Crippen molar-refractivity contribution in [2.75, 3.05) is 19.0 Å². The number of anilines is 1. The molecule has 0 radical (unpaired) electrons. The van der Waals surface area contributed by atoms with E-state index in [1.807, 2.05) is 0 Å². The van der Waals surface area contributed by atoms with Crippen LogP contribution >= 0.6 is 0 Å². The molecule has 9 heteroatoms. The van der Waals surface area contributed by atoms with E-state index in [1.54, 1.807) is 29.9 Å². The second-order valence-corrected chi connectivity index (χ2v) is 4.77. The Bertz CT molecular complexity index is 783. The summed E-state index contributed by atoms with van der Waals surface area (Å²) in [4.78, 5) is 34.0. The largest absolute Gasteiger partial charge is 0.496 e. The quantitative estimate of drug-likeness (QED) is 0.489. The lowest BCUT2D eigenvalue weighted by molar-refractivity contribution is -0.384. The van der Waals surface area contributed by atoms with E-state index >= 15 is 0 Å². The van der Waals surface area contributed by atoms with Gasteiger partial charge >= 0.3 is 5.97 Å². The second-order valence-electron chi connectivity index (χ2n) is 4.77. The molecule has 1 aromatic carbocycles. The average Bonchev–Trinajstić information content (AvgIpc) is 2.99. The van der Waals surface area contributed by atoms with Crippen LogP contribution in [0.15, 0.2) is 36.5 Å². The number of carbonyl (C=O) groups is 2. The summed E-state index contributed by atoms with van der Waals surface area (Å²) in [5.41, 5.74) is -0.0459. The summed E-state index contributed by atoms with van der Waals surface area (Å²) in [6.07, 6.45) is 1.66. The summed E-state index contributed by atoms with van der Waals surface area (Å²) < 4.78 is 11.3. The first-order chi connectivity index (χ1) is 11.4. The number of nitrogens with zero attached hydrogens (tertiary/aromatic N) is 2. The molecule has 126 valence electrons. The number of hydrogen-bond acceptors (Lipinski definition) is 6. The van der Waals surface area contributed by atoms with Gasteiger partial charge in [-0.25, -0.2) is 4.79 Å². The molecule has 1 heterocycles. The molecule has 0 atom stereocenters. The van der Waals surface area contributed by atoms with Crippen LogP contribution in [0.25, 0.3) is 0 Å². The molecule has 0 fully saturated rings. The highest BCUT2D eigenvalue weighted by molar-refractivity contribution is 5.96. The van der Waals surface area contributed by atoms with Crippen molar-refractivity contribution in [3.8, 4) is 5.75 Å². The van der Waals surface area contributed by atoms with E-state index in [0.717, 1.165) is 0 Å². The van der Waals surface area contributed by atoms with Crippen molar-refractivity contribution in [3.05, 3.63) is 52.3 Å². The smallest absolute Gasteiger partial charge is 0.355 e. The van der Waals surface area contributed by atoms with E-state index < -0.39 is 23.4 Å². The summed E-state index contributed by atoms with van der Waals surface area (Å²) >= 11 is 0. The van der Waals surface area contributed by atoms with Crippen LogP contribution in [0.4, 0.5) is 11.4 Å². The molecule has 0 unspecified atom stereocenters. The first-order valence-electron chi connectivity index (χ1n) is 6.83. The molecule has 1 N–H and O–H groups in total. The molecular formula is C15H15N3O6. The van der Waals surface area contributed by atoms with Crippen molar-refractivity contribution in [2.45, 2.75) is 0 Å². The third-order valence-corrected chi connectivity index (χ3v) is 3.16. The maximum absolute atomic E-state index is 11.9. The molecule has 0 spiro atoms. The van der Waals surface area contributed by atoms with Crippen molar-refractivity contribution in [3.63, 3.8) is 0 Å². The van der Waals surface area contributed by atoms with Crippen molar-refractivity contribution in [1.29, 1.82) is 0 Å². The fourth-order valence-corrected chi connectivity index (χ4v) is 1.96. The average molecular weight is 333 g/mol. The Morgan fingerprint density at radius 1 is 1.33 bits per heavy atom. The van der Waals surface area contributed by atoms with Crippen LogP contribution in [-0.4, -0.2) is 35.1 Å². The summed E-state index contributed by atoms with van der Waals surface area (Å²) in [6.45, 7) is -0.562. The number of aromatic nitrogens is 1. The van der Waals surface area contributed by atoms with Gasteiger partial charge in [-0.15, -0.1) is 0 Å². The number of ether oxygens (including phenoxy) is 2. The van der Waals surface area contributed by atoms with Crippen molar-refractivity contribution < 1.29 is 24.0 Å². The Kier molecular flexibility index (Phi) is 5.15. The van der Waals surface area contributed by atoms with Gasteiger partial charge in [-0.05, 0) is 24.3 Å². The van der Waals surface area contributed by atoms with E-state index in [2.05, 4.69) is 5.32 Å². The molecule has 0 aliphatic carbocycles. The van der Waals surface area contributed by atoms with E-state index in [1.165, 1.54) is 25.3 Å². The Balaban J connectivity index is 2.01. The van der Waals surface area contributed by atoms with Gasteiger partial charge in [0.15, 0.2) is 6.61 Å². The molecule has 1 aromatic heterocycles. The van der Waals surface area contributed by atoms with Gasteiger partial charge in [-0.1, -0.05) is 0 Å². The van der Waals surface area contributed by atoms with Crippen LogP contribution in [0.1, 0.15) is 10.5 Å². The zero-order valence-corrected chi connectivity index (χ0v) is 13.0.